The van der Waals surface area contributed by atoms with Crippen molar-refractivity contribution in [1.29, 1.82) is 0 Å². The highest BCUT2D eigenvalue weighted by Crippen LogP contribution is 2.22. The van der Waals surface area contributed by atoms with Crippen LogP contribution in [-0.2, 0) is 11.8 Å². The van der Waals surface area contributed by atoms with Crippen molar-refractivity contribution in [3.05, 3.63) is 30.1 Å². The monoisotopic (exact) mass is 222 g/mol. The number of carbonyl (C=O) groups is 1. The number of rotatable bonds is 2. The van der Waals surface area contributed by atoms with Crippen molar-refractivity contribution in [1.82, 2.24) is 0 Å². The average molecular weight is 222 g/mol. The van der Waals surface area contributed by atoms with Crippen molar-refractivity contribution in [3.63, 3.8) is 0 Å². The number of nitrogens with zero attached hydrogens (tertiary/aromatic N) is 1. The average Bonchev–Trinajstić information content (AvgIpc) is 2.16. The molecule has 0 aliphatic heterocycles. The number of aryl methyl sites for hydroxylation is 1. The number of pyridine rings is 1. The van der Waals surface area contributed by atoms with Crippen molar-refractivity contribution in [3.8, 4) is 0 Å². The van der Waals surface area contributed by atoms with E-state index in [1.165, 1.54) is 0 Å². The first-order valence-corrected chi connectivity index (χ1v) is 5.47. The standard InChI is InChI=1S/C13H20NO2/c1-10(13(2,3)4)16-12(15)11-7-6-8-14(5)9-11/h6-10H,1-5H3/q+1. The molecule has 1 aromatic rings. The molecule has 1 rings (SSSR count). The molecule has 0 aliphatic carbocycles. The topological polar surface area (TPSA) is 30.2 Å². The molecule has 0 radical (unpaired) electrons. The van der Waals surface area contributed by atoms with Gasteiger partial charge in [0.05, 0.1) is 0 Å². The Bertz CT molecular complexity index is 380. The smallest absolute Gasteiger partial charge is 0.344 e. The van der Waals surface area contributed by atoms with Crippen LogP contribution < -0.4 is 4.57 Å². The van der Waals surface area contributed by atoms with Crippen LogP contribution in [0.1, 0.15) is 38.1 Å². The predicted octanol–water partition coefficient (Wildman–Crippen LogP) is 2.10. The quantitative estimate of drug-likeness (QED) is 0.566. The van der Waals surface area contributed by atoms with E-state index in [1.807, 2.05) is 30.8 Å². The van der Waals surface area contributed by atoms with Gasteiger partial charge in [0.25, 0.3) is 0 Å². The Labute approximate surface area is 97.1 Å². The first kappa shape index (κ1) is 12.7. The van der Waals surface area contributed by atoms with Gasteiger partial charge < -0.3 is 4.74 Å². The molecule has 0 spiro atoms. The van der Waals surface area contributed by atoms with E-state index in [4.69, 9.17) is 4.74 Å². The minimum absolute atomic E-state index is 0.0351. The lowest BCUT2D eigenvalue weighted by molar-refractivity contribution is -0.671. The summed E-state index contributed by atoms with van der Waals surface area (Å²) in [4.78, 5) is 11.8. The van der Waals surface area contributed by atoms with Crippen LogP contribution in [0.15, 0.2) is 24.5 Å². The molecule has 88 valence electrons. The van der Waals surface area contributed by atoms with Crippen molar-refractivity contribution in [2.75, 3.05) is 0 Å². The Hall–Kier alpha value is -1.38. The van der Waals surface area contributed by atoms with Crippen molar-refractivity contribution in [2.24, 2.45) is 12.5 Å². The van der Waals surface area contributed by atoms with E-state index in [9.17, 15) is 4.79 Å². The molecule has 0 bridgehead atoms. The summed E-state index contributed by atoms with van der Waals surface area (Å²) < 4.78 is 7.24. The van der Waals surface area contributed by atoms with Gasteiger partial charge in [-0.1, -0.05) is 20.8 Å². The lowest BCUT2D eigenvalue weighted by Gasteiger charge is -2.26. The molecule has 0 N–H and O–H groups in total. The van der Waals surface area contributed by atoms with Gasteiger partial charge in [0.2, 0.25) is 0 Å². The van der Waals surface area contributed by atoms with E-state index in [-0.39, 0.29) is 17.5 Å². The maximum atomic E-state index is 11.8. The fourth-order valence-corrected chi connectivity index (χ4v) is 1.11. The van der Waals surface area contributed by atoms with E-state index >= 15 is 0 Å². The van der Waals surface area contributed by atoms with Crippen LogP contribution in [0.3, 0.4) is 0 Å². The minimum Gasteiger partial charge on any atom is -0.458 e. The third kappa shape index (κ3) is 3.33. The van der Waals surface area contributed by atoms with E-state index in [0.717, 1.165) is 0 Å². The summed E-state index contributed by atoms with van der Waals surface area (Å²) in [6.07, 6.45) is 3.53. The van der Waals surface area contributed by atoms with Crippen molar-refractivity contribution >= 4 is 5.97 Å². The van der Waals surface area contributed by atoms with Crippen LogP contribution in [0.25, 0.3) is 0 Å². The Morgan fingerprint density at radius 2 is 2.06 bits per heavy atom. The third-order valence-electron chi connectivity index (χ3n) is 2.68. The van der Waals surface area contributed by atoms with Crippen molar-refractivity contribution in [2.45, 2.75) is 33.8 Å². The van der Waals surface area contributed by atoms with E-state index in [2.05, 4.69) is 20.8 Å². The molecule has 0 fully saturated rings. The molecule has 3 nitrogen and oxygen atoms in total. The second-order valence-corrected chi connectivity index (χ2v) is 5.17. The van der Waals surface area contributed by atoms with Crippen LogP contribution in [-0.4, -0.2) is 12.1 Å². The molecule has 0 amide bonds. The zero-order valence-electron chi connectivity index (χ0n) is 10.7. The molecule has 16 heavy (non-hydrogen) atoms. The molecular weight excluding hydrogens is 202 g/mol. The van der Waals surface area contributed by atoms with Gasteiger partial charge in [0.15, 0.2) is 12.4 Å². The lowest BCUT2D eigenvalue weighted by Crippen LogP contribution is -2.31. The first-order chi connectivity index (χ1) is 7.30. The highest BCUT2D eigenvalue weighted by molar-refractivity contribution is 5.88. The maximum absolute atomic E-state index is 11.8. The molecule has 3 heteroatoms. The van der Waals surface area contributed by atoms with Crippen LogP contribution in [0.4, 0.5) is 0 Å². The van der Waals surface area contributed by atoms with Gasteiger partial charge in [-0.15, -0.1) is 0 Å². The molecule has 1 atom stereocenters. The minimum atomic E-state index is -0.265. The largest absolute Gasteiger partial charge is 0.458 e. The summed E-state index contributed by atoms with van der Waals surface area (Å²) in [5, 5.41) is 0. The summed E-state index contributed by atoms with van der Waals surface area (Å²) in [6.45, 7) is 8.07. The lowest BCUT2D eigenvalue weighted by atomic mass is 9.90. The zero-order valence-corrected chi connectivity index (χ0v) is 10.7. The summed E-state index contributed by atoms with van der Waals surface area (Å²) in [5.41, 5.74) is 0.549. The fourth-order valence-electron chi connectivity index (χ4n) is 1.11. The van der Waals surface area contributed by atoms with Gasteiger partial charge in [-0.2, -0.15) is 0 Å². The maximum Gasteiger partial charge on any atom is 0.344 e. The van der Waals surface area contributed by atoms with Crippen LogP contribution in [0.5, 0.6) is 0 Å². The predicted molar refractivity (Wildman–Crippen MR) is 62.0 cm³/mol. The van der Waals surface area contributed by atoms with E-state index < -0.39 is 0 Å². The summed E-state index contributed by atoms with van der Waals surface area (Å²) in [5.74, 6) is -0.265. The first-order valence-electron chi connectivity index (χ1n) is 5.47. The number of esters is 1. The second-order valence-electron chi connectivity index (χ2n) is 5.17. The van der Waals surface area contributed by atoms with Gasteiger partial charge in [-0.05, 0) is 18.4 Å². The van der Waals surface area contributed by atoms with Gasteiger partial charge in [0.1, 0.15) is 18.7 Å². The highest BCUT2D eigenvalue weighted by atomic mass is 16.5. The van der Waals surface area contributed by atoms with Crippen LogP contribution >= 0.6 is 0 Å². The summed E-state index contributed by atoms with van der Waals surface area (Å²) in [6, 6.07) is 3.59. The van der Waals surface area contributed by atoms with Gasteiger partial charge in [-0.3, -0.25) is 0 Å². The Balaban J connectivity index is 2.74. The van der Waals surface area contributed by atoms with E-state index in [0.29, 0.717) is 5.56 Å². The number of hydrogen-bond acceptors (Lipinski definition) is 2. The van der Waals surface area contributed by atoms with Gasteiger partial charge in [-0.25, -0.2) is 9.36 Å². The summed E-state index contributed by atoms with van der Waals surface area (Å²) in [7, 11) is 1.88. The number of hydrogen-bond donors (Lipinski definition) is 0. The van der Waals surface area contributed by atoms with Gasteiger partial charge >= 0.3 is 5.97 Å². The molecule has 0 aromatic carbocycles. The fraction of sp³-hybridized carbons (Fsp3) is 0.538. The number of ether oxygens (including phenoxy) is 1. The van der Waals surface area contributed by atoms with Crippen molar-refractivity contribution < 1.29 is 14.1 Å². The van der Waals surface area contributed by atoms with Crippen LogP contribution in [0, 0.1) is 5.41 Å². The van der Waals surface area contributed by atoms with E-state index in [1.54, 1.807) is 12.3 Å². The summed E-state index contributed by atoms with van der Waals surface area (Å²) >= 11 is 0. The molecule has 0 saturated heterocycles. The molecule has 1 heterocycles. The molecule has 0 saturated carbocycles. The Morgan fingerprint density at radius 3 is 2.56 bits per heavy atom. The third-order valence-corrected chi connectivity index (χ3v) is 2.68. The zero-order chi connectivity index (χ0) is 12.3. The molecular formula is C13H20NO2+. The van der Waals surface area contributed by atoms with Crippen LogP contribution in [0.2, 0.25) is 0 Å². The SMILES string of the molecule is CC(OC(=O)c1ccc[n+](C)c1)C(C)(C)C. The van der Waals surface area contributed by atoms with Gasteiger partial charge in [0, 0.05) is 6.07 Å². The normalized spacial score (nSPS) is 13.3. The second kappa shape index (κ2) is 4.64. The molecule has 1 unspecified atom stereocenters. The molecule has 1 aromatic heterocycles. The Kier molecular flexibility index (Phi) is 3.68. The highest BCUT2D eigenvalue weighted by Gasteiger charge is 2.24. The number of carbonyl (C=O) groups excluding carboxylic acids is 1. The Morgan fingerprint density at radius 1 is 1.44 bits per heavy atom. The molecule has 0 aliphatic rings. The number of aromatic nitrogens is 1.